The van der Waals surface area contributed by atoms with Crippen molar-refractivity contribution in [1.29, 1.82) is 0 Å². The van der Waals surface area contributed by atoms with Crippen LogP contribution in [0.1, 0.15) is 64.1 Å². The Kier molecular flexibility index (Phi) is 3.85. The zero-order chi connectivity index (χ0) is 16.8. The van der Waals surface area contributed by atoms with E-state index in [1.807, 2.05) is 13.8 Å². The first-order chi connectivity index (χ1) is 11.6. The Morgan fingerprint density at radius 1 is 1.08 bits per heavy atom. The number of hydrogen-bond donors (Lipinski definition) is 1. The Hall–Kier alpha value is -1.85. The van der Waals surface area contributed by atoms with Gasteiger partial charge in [0.05, 0.1) is 0 Å². The van der Waals surface area contributed by atoms with Crippen LogP contribution in [0.3, 0.4) is 0 Å². The highest BCUT2D eigenvalue weighted by molar-refractivity contribution is 5.70. The van der Waals surface area contributed by atoms with Gasteiger partial charge >= 0.3 is 5.69 Å². The van der Waals surface area contributed by atoms with Gasteiger partial charge in [-0.05, 0) is 43.9 Å². The minimum Gasteiger partial charge on any atom is -0.336 e. The van der Waals surface area contributed by atoms with Crippen molar-refractivity contribution < 1.29 is 0 Å². The fourth-order valence-corrected chi connectivity index (χ4v) is 4.79. The minimum atomic E-state index is -0.220. The van der Waals surface area contributed by atoms with Crippen molar-refractivity contribution in [3.63, 3.8) is 0 Å². The van der Waals surface area contributed by atoms with Crippen molar-refractivity contribution in [2.75, 3.05) is 0 Å². The van der Waals surface area contributed by atoms with E-state index in [9.17, 15) is 9.59 Å². The third-order valence-corrected chi connectivity index (χ3v) is 5.86. The third-order valence-electron chi connectivity index (χ3n) is 5.86. The van der Waals surface area contributed by atoms with Gasteiger partial charge in [-0.25, -0.2) is 9.78 Å². The molecule has 2 heterocycles. The first-order valence-electron chi connectivity index (χ1n) is 9.37. The molecule has 0 aromatic carbocycles. The second-order valence-corrected chi connectivity index (χ2v) is 7.49. The van der Waals surface area contributed by atoms with Crippen LogP contribution < -0.4 is 11.2 Å². The van der Waals surface area contributed by atoms with E-state index in [1.54, 1.807) is 4.57 Å². The van der Waals surface area contributed by atoms with Crippen LogP contribution in [0.25, 0.3) is 11.2 Å². The van der Waals surface area contributed by atoms with Crippen LogP contribution in [0, 0.1) is 11.8 Å². The van der Waals surface area contributed by atoms with Crippen LogP contribution >= 0.6 is 0 Å². The van der Waals surface area contributed by atoms with E-state index in [4.69, 9.17) is 4.98 Å². The van der Waals surface area contributed by atoms with Gasteiger partial charge in [-0.1, -0.05) is 20.3 Å². The standard InChI is InChI=1S/C18H26N4O2/c1-3-7-21-16-14(17(23)22(8-4-2)18(21)24)19-15(20-16)13-10-11-5-6-12(13)9-11/h11-13H,3-10H2,1-2H3,(H,19,20)/t11?,12?,13-/m1/s1. The third kappa shape index (κ3) is 2.26. The maximum Gasteiger partial charge on any atom is 0.332 e. The fourth-order valence-electron chi connectivity index (χ4n) is 4.79. The lowest BCUT2D eigenvalue weighted by atomic mass is 9.88. The number of nitrogens with one attached hydrogen (secondary N) is 1. The number of aryl methyl sites for hydroxylation is 1. The van der Waals surface area contributed by atoms with Crippen LogP contribution in [-0.4, -0.2) is 19.1 Å². The minimum absolute atomic E-state index is 0.217. The molecule has 2 unspecified atom stereocenters. The lowest BCUT2D eigenvalue weighted by molar-refractivity contribution is 0.408. The first-order valence-corrected chi connectivity index (χ1v) is 9.37. The van der Waals surface area contributed by atoms with Crippen LogP contribution in [0.5, 0.6) is 0 Å². The summed E-state index contributed by atoms with van der Waals surface area (Å²) < 4.78 is 3.04. The number of nitrogens with zero attached hydrogens (tertiary/aromatic N) is 3. The highest BCUT2D eigenvalue weighted by Crippen LogP contribution is 2.52. The number of imidazole rings is 1. The van der Waals surface area contributed by atoms with Crippen molar-refractivity contribution in [2.24, 2.45) is 11.8 Å². The molecule has 0 amide bonds. The van der Waals surface area contributed by atoms with Crippen molar-refractivity contribution in [3.8, 4) is 0 Å². The maximum atomic E-state index is 12.8. The molecule has 6 nitrogen and oxygen atoms in total. The molecule has 6 heteroatoms. The average Bonchev–Trinajstić information content (AvgIpc) is 3.29. The SMILES string of the molecule is CCCn1c(=O)c2[nH]c([C@@H]3CC4CCC3C4)nc2n(CCC)c1=O. The van der Waals surface area contributed by atoms with Gasteiger partial charge in [-0.3, -0.25) is 13.9 Å². The lowest BCUT2D eigenvalue weighted by Crippen LogP contribution is -2.40. The molecule has 4 rings (SSSR count). The predicted molar refractivity (Wildman–Crippen MR) is 93.4 cm³/mol. The Balaban J connectivity index is 1.88. The van der Waals surface area contributed by atoms with Gasteiger partial charge < -0.3 is 4.98 Å². The van der Waals surface area contributed by atoms with E-state index < -0.39 is 0 Å². The molecule has 3 atom stereocenters. The summed E-state index contributed by atoms with van der Waals surface area (Å²) >= 11 is 0. The van der Waals surface area contributed by atoms with E-state index in [0.29, 0.717) is 36.1 Å². The Labute approximate surface area is 140 Å². The molecule has 130 valence electrons. The summed E-state index contributed by atoms with van der Waals surface area (Å²) in [5.41, 5.74) is 0.625. The molecule has 2 aromatic heterocycles. The maximum absolute atomic E-state index is 12.8. The Morgan fingerprint density at radius 3 is 2.46 bits per heavy atom. The quantitative estimate of drug-likeness (QED) is 0.916. The van der Waals surface area contributed by atoms with Crippen LogP contribution in [0.15, 0.2) is 9.59 Å². The number of rotatable bonds is 5. The zero-order valence-corrected chi connectivity index (χ0v) is 14.5. The van der Waals surface area contributed by atoms with Crippen LogP contribution in [-0.2, 0) is 13.1 Å². The largest absolute Gasteiger partial charge is 0.336 e. The monoisotopic (exact) mass is 330 g/mol. The second kappa shape index (κ2) is 5.90. The molecule has 24 heavy (non-hydrogen) atoms. The topological polar surface area (TPSA) is 72.7 Å². The van der Waals surface area contributed by atoms with Gasteiger partial charge in [-0.2, -0.15) is 0 Å². The summed E-state index contributed by atoms with van der Waals surface area (Å²) in [6.07, 6.45) is 6.68. The molecule has 2 aromatic rings. The van der Waals surface area contributed by atoms with Crippen molar-refractivity contribution in [2.45, 2.75) is 71.4 Å². The number of hydrogen-bond acceptors (Lipinski definition) is 3. The highest BCUT2D eigenvalue weighted by atomic mass is 16.2. The molecule has 2 aliphatic rings. The molecular weight excluding hydrogens is 304 g/mol. The summed E-state index contributed by atoms with van der Waals surface area (Å²) in [6.45, 7) is 5.07. The van der Waals surface area contributed by atoms with Gasteiger partial charge in [0.15, 0.2) is 5.65 Å². The molecule has 1 N–H and O–H groups in total. The van der Waals surface area contributed by atoms with Gasteiger partial charge in [0.2, 0.25) is 0 Å². The van der Waals surface area contributed by atoms with E-state index in [2.05, 4.69) is 4.98 Å². The summed E-state index contributed by atoms with van der Waals surface area (Å²) in [7, 11) is 0. The molecule has 2 saturated carbocycles. The highest BCUT2D eigenvalue weighted by Gasteiger charge is 2.41. The molecule has 2 bridgehead atoms. The predicted octanol–water partition coefficient (Wildman–Crippen LogP) is 2.61. The van der Waals surface area contributed by atoms with Crippen molar-refractivity contribution >= 4 is 11.2 Å². The normalized spacial score (nSPS) is 25.8. The van der Waals surface area contributed by atoms with Crippen molar-refractivity contribution in [1.82, 2.24) is 19.1 Å². The molecule has 0 spiro atoms. The van der Waals surface area contributed by atoms with E-state index in [1.165, 1.54) is 30.3 Å². The molecule has 0 radical (unpaired) electrons. The summed E-state index contributed by atoms with van der Waals surface area (Å²) in [5.74, 6) is 2.87. The molecule has 0 aliphatic heterocycles. The Morgan fingerprint density at radius 2 is 1.83 bits per heavy atom. The first kappa shape index (κ1) is 15.7. The van der Waals surface area contributed by atoms with E-state index in [0.717, 1.165) is 24.6 Å². The summed E-state index contributed by atoms with van der Waals surface area (Å²) in [4.78, 5) is 33.5. The molecular formula is C18H26N4O2. The van der Waals surface area contributed by atoms with Crippen molar-refractivity contribution in [3.05, 3.63) is 26.7 Å². The fraction of sp³-hybridized carbons (Fsp3) is 0.722. The number of aromatic nitrogens is 4. The van der Waals surface area contributed by atoms with E-state index in [-0.39, 0.29) is 11.2 Å². The smallest absolute Gasteiger partial charge is 0.332 e. The average molecular weight is 330 g/mol. The van der Waals surface area contributed by atoms with Gasteiger partial charge in [0, 0.05) is 19.0 Å². The summed E-state index contributed by atoms with van der Waals surface area (Å²) in [6, 6.07) is 0. The van der Waals surface area contributed by atoms with Gasteiger partial charge in [0.1, 0.15) is 11.3 Å². The molecule has 2 fully saturated rings. The Bertz CT molecular complexity index is 875. The number of fused-ring (bicyclic) bond motifs is 3. The molecule has 0 saturated heterocycles. The molecule has 2 aliphatic carbocycles. The zero-order valence-electron chi connectivity index (χ0n) is 14.5. The second-order valence-electron chi connectivity index (χ2n) is 7.49. The summed E-state index contributed by atoms with van der Waals surface area (Å²) in [5, 5.41) is 0. The number of H-pyrrole nitrogens is 1. The number of aromatic amines is 1. The van der Waals surface area contributed by atoms with Gasteiger partial charge in [-0.15, -0.1) is 0 Å². The van der Waals surface area contributed by atoms with Crippen LogP contribution in [0.4, 0.5) is 0 Å². The van der Waals surface area contributed by atoms with Gasteiger partial charge in [0.25, 0.3) is 5.56 Å². The lowest BCUT2D eigenvalue weighted by Gasteiger charge is -2.18. The van der Waals surface area contributed by atoms with E-state index >= 15 is 0 Å². The van der Waals surface area contributed by atoms with Crippen LogP contribution in [0.2, 0.25) is 0 Å².